The molecule has 1 rings (SSSR count). The lowest BCUT2D eigenvalue weighted by atomic mass is 9.96. The number of nitrogens with one attached hydrogen (secondary N) is 1. The summed E-state index contributed by atoms with van der Waals surface area (Å²) in [5, 5.41) is 22.3. The molecule has 4 nitrogen and oxygen atoms in total. The molecular weight excluding hydrogens is 242 g/mol. The Kier molecular flexibility index (Phi) is 5.83. The summed E-state index contributed by atoms with van der Waals surface area (Å²) >= 11 is 0. The SMILES string of the molecule is CCC(CC)C(O)CNC(=O)c1cc(C)ccc1O. The number of aryl methyl sites for hydroxylation is 1. The summed E-state index contributed by atoms with van der Waals surface area (Å²) in [6, 6.07) is 4.88. The van der Waals surface area contributed by atoms with Gasteiger partial charge in [-0.05, 0) is 25.0 Å². The van der Waals surface area contributed by atoms with Crippen LogP contribution in [0.25, 0.3) is 0 Å². The number of phenols is 1. The van der Waals surface area contributed by atoms with Gasteiger partial charge < -0.3 is 15.5 Å². The molecule has 0 fully saturated rings. The van der Waals surface area contributed by atoms with E-state index in [0.717, 1.165) is 18.4 Å². The first-order chi connectivity index (χ1) is 8.99. The van der Waals surface area contributed by atoms with E-state index < -0.39 is 6.10 Å². The molecular formula is C15H23NO3. The van der Waals surface area contributed by atoms with Gasteiger partial charge in [-0.25, -0.2) is 0 Å². The van der Waals surface area contributed by atoms with E-state index in [1.54, 1.807) is 12.1 Å². The van der Waals surface area contributed by atoms with E-state index in [4.69, 9.17) is 0 Å². The standard InChI is InChI=1S/C15H23NO3/c1-4-11(5-2)14(18)9-16-15(19)12-8-10(3)6-7-13(12)17/h6-8,11,14,17-18H,4-5,9H2,1-3H3,(H,16,19). The van der Waals surface area contributed by atoms with Crippen LogP contribution in [0.3, 0.4) is 0 Å². The predicted molar refractivity (Wildman–Crippen MR) is 75.3 cm³/mol. The lowest BCUT2D eigenvalue weighted by molar-refractivity contribution is 0.0814. The molecule has 0 radical (unpaired) electrons. The molecule has 1 aromatic rings. The van der Waals surface area contributed by atoms with Crippen LogP contribution in [0.5, 0.6) is 5.75 Å². The van der Waals surface area contributed by atoms with Crippen molar-refractivity contribution in [2.45, 2.75) is 39.7 Å². The second kappa shape index (κ2) is 7.14. The van der Waals surface area contributed by atoms with Crippen molar-refractivity contribution >= 4 is 5.91 Å². The number of aliphatic hydroxyl groups excluding tert-OH is 1. The summed E-state index contributed by atoms with van der Waals surface area (Å²) in [5.41, 5.74) is 1.15. The topological polar surface area (TPSA) is 69.6 Å². The zero-order chi connectivity index (χ0) is 14.4. The van der Waals surface area contributed by atoms with Crippen LogP contribution in [0.4, 0.5) is 0 Å². The quantitative estimate of drug-likeness (QED) is 0.738. The molecule has 0 spiro atoms. The number of hydrogen-bond acceptors (Lipinski definition) is 3. The third-order valence-electron chi connectivity index (χ3n) is 3.46. The van der Waals surface area contributed by atoms with E-state index in [2.05, 4.69) is 5.32 Å². The molecule has 106 valence electrons. The first-order valence-corrected chi connectivity index (χ1v) is 6.75. The van der Waals surface area contributed by atoms with Crippen LogP contribution < -0.4 is 5.32 Å². The average molecular weight is 265 g/mol. The Hall–Kier alpha value is -1.55. The van der Waals surface area contributed by atoms with Gasteiger partial charge in [-0.15, -0.1) is 0 Å². The van der Waals surface area contributed by atoms with E-state index in [1.165, 1.54) is 6.07 Å². The maximum absolute atomic E-state index is 11.9. The summed E-state index contributed by atoms with van der Waals surface area (Å²) in [7, 11) is 0. The number of carbonyl (C=O) groups excluding carboxylic acids is 1. The minimum atomic E-state index is -0.550. The summed E-state index contributed by atoms with van der Waals surface area (Å²) in [6.45, 7) is 6.10. The summed E-state index contributed by atoms with van der Waals surface area (Å²) in [5.74, 6) is -0.210. The first-order valence-electron chi connectivity index (χ1n) is 6.75. The van der Waals surface area contributed by atoms with E-state index in [9.17, 15) is 15.0 Å². The number of phenolic OH excluding ortho intramolecular Hbond substituents is 1. The van der Waals surface area contributed by atoms with Gasteiger partial charge in [-0.2, -0.15) is 0 Å². The van der Waals surface area contributed by atoms with Crippen molar-refractivity contribution in [3.8, 4) is 5.75 Å². The highest BCUT2D eigenvalue weighted by Gasteiger charge is 2.17. The van der Waals surface area contributed by atoms with Gasteiger partial charge in [0.2, 0.25) is 0 Å². The van der Waals surface area contributed by atoms with Gasteiger partial charge in [0, 0.05) is 6.54 Å². The molecule has 3 N–H and O–H groups in total. The van der Waals surface area contributed by atoms with Gasteiger partial charge in [-0.3, -0.25) is 4.79 Å². The van der Waals surface area contributed by atoms with Crippen molar-refractivity contribution in [1.29, 1.82) is 0 Å². The van der Waals surface area contributed by atoms with Crippen LogP contribution in [0.15, 0.2) is 18.2 Å². The number of carbonyl (C=O) groups is 1. The Balaban J connectivity index is 2.63. The van der Waals surface area contributed by atoms with Gasteiger partial charge in [0.25, 0.3) is 5.91 Å². The molecule has 0 bridgehead atoms. The van der Waals surface area contributed by atoms with Gasteiger partial charge in [0.1, 0.15) is 5.75 Å². The molecule has 1 amide bonds. The van der Waals surface area contributed by atoms with Gasteiger partial charge in [-0.1, -0.05) is 38.3 Å². The normalized spacial score (nSPS) is 12.5. The van der Waals surface area contributed by atoms with Crippen LogP contribution in [-0.2, 0) is 0 Å². The Morgan fingerprint density at radius 1 is 1.32 bits per heavy atom. The van der Waals surface area contributed by atoms with Crippen LogP contribution >= 0.6 is 0 Å². The van der Waals surface area contributed by atoms with Crippen molar-refractivity contribution in [1.82, 2.24) is 5.32 Å². The van der Waals surface area contributed by atoms with Crippen molar-refractivity contribution < 1.29 is 15.0 Å². The number of aromatic hydroxyl groups is 1. The summed E-state index contributed by atoms with van der Waals surface area (Å²) in [6.07, 6.45) is 1.21. The van der Waals surface area contributed by atoms with Gasteiger partial charge >= 0.3 is 0 Å². The maximum atomic E-state index is 11.9. The lowest BCUT2D eigenvalue weighted by Crippen LogP contribution is -2.36. The lowest BCUT2D eigenvalue weighted by Gasteiger charge is -2.20. The number of rotatable bonds is 6. The fourth-order valence-electron chi connectivity index (χ4n) is 2.12. The number of hydrogen-bond donors (Lipinski definition) is 3. The molecule has 4 heteroatoms. The smallest absolute Gasteiger partial charge is 0.255 e. The Bertz CT molecular complexity index is 427. The molecule has 1 aromatic carbocycles. The monoisotopic (exact) mass is 265 g/mol. The molecule has 0 saturated heterocycles. The Labute approximate surface area is 114 Å². The summed E-state index contributed by atoms with van der Waals surface area (Å²) < 4.78 is 0. The van der Waals surface area contributed by atoms with Crippen molar-refractivity contribution in [3.63, 3.8) is 0 Å². The van der Waals surface area contributed by atoms with Crippen LogP contribution in [0.2, 0.25) is 0 Å². The maximum Gasteiger partial charge on any atom is 0.255 e. The highest BCUT2D eigenvalue weighted by molar-refractivity contribution is 5.96. The van der Waals surface area contributed by atoms with Gasteiger partial charge in [0.05, 0.1) is 11.7 Å². The summed E-state index contributed by atoms with van der Waals surface area (Å²) in [4.78, 5) is 11.9. The second-order valence-corrected chi connectivity index (χ2v) is 4.87. The zero-order valence-corrected chi connectivity index (χ0v) is 11.8. The van der Waals surface area contributed by atoms with E-state index in [1.807, 2.05) is 20.8 Å². The van der Waals surface area contributed by atoms with E-state index >= 15 is 0 Å². The molecule has 0 heterocycles. The second-order valence-electron chi connectivity index (χ2n) is 4.87. The zero-order valence-electron chi connectivity index (χ0n) is 11.8. The minimum Gasteiger partial charge on any atom is -0.507 e. The van der Waals surface area contributed by atoms with Crippen molar-refractivity contribution in [2.75, 3.05) is 6.54 Å². The molecule has 0 aliphatic rings. The van der Waals surface area contributed by atoms with Crippen LogP contribution in [0.1, 0.15) is 42.6 Å². The largest absolute Gasteiger partial charge is 0.507 e. The molecule has 0 saturated carbocycles. The van der Waals surface area contributed by atoms with E-state index in [0.29, 0.717) is 0 Å². The minimum absolute atomic E-state index is 0.0416. The molecule has 1 atom stereocenters. The predicted octanol–water partition coefficient (Wildman–Crippen LogP) is 2.23. The number of aliphatic hydroxyl groups is 1. The average Bonchev–Trinajstić information content (AvgIpc) is 2.40. The molecule has 1 unspecified atom stereocenters. The number of benzene rings is 1. The van der Waals surface area contributed by atoms with E-state index in [-0.39, 0.29) is 29.7 Å². The van der Waals surface area contributed by atoms with Gasteiger partial charge in [0.15, 0.2) is 0 Å². The first kappa shape index (κ1) is 15.5. The van der Waals surface area contributed by atoms with Crippen LogP contribution in [0, 0.1) is 12.8 Å². The third kappa shape index (κ3) is 4.24. The number of amides is 1. The molecule has 19 heavy (non-hydrogen) atoms. The van der Waals surface area contributed by atoms with Crippen LogP contribution in [-0.4, -0.2) is 28.8 Å². The molecule has 0 aromatic heterocycles. The molecule has 0 aliphatic carbocycles. The third-order valence-corrected chi connectivity index (χ3v) is 3.46. The van der Waals surface area contributed by atoms with Crippen molar-refractivity contribution in [3.05, 3.63) is 29.3 Å². The Morgan fingerprint density at radius 2 is 1.95 bits per heavy atom. The van der Waals surface area contributed by atoms with Crippen molar-refractivity contribution in [2.24, 2.45) is 5.92 Å². The fourth-order valence-corrected chi connectivity index (χ4v) is 2.12. The fraction of sp³-hybridized carbons (Fsp3) is 0.533. The Morgan fingerprint density at radius 3 is 2.53 bits per heavy atom. The highest BCUT2D eigenvalue weighted by atomic mass is 16.3. The molecule has 0 aliphatic heterocycles. The highest BCUT2D eigenvalue weighted by Crippen LogP contribution is 2.18.